The molecule has 0 fully saturated rings. The zero-order chi connectivity index (χ0) is 15.0. The van der Waals surface area contributed by atoms with Crippen LogP contribution < -0.4 is 4.74 Å². The number of methoxy groups -OCH3 is 1. The summed E-state index contributed by atoms with van der Waals surface area (Å²) >= 11 is 1.53. The summed E-state index contributed by atoms with van der Waals surface area (Å²) in [4.78, 5) is 11.6. The summed E-state index contributed by atoms with van der Waals surface area (Å²) in [5.41, 5.74) is 3.08. The first-order valence-electron chi connectivity index (χ1n) is 6.50. The van der Waals surface area contributed by atoms with Gasteiger partial charge in [-0.1, -0.05) is 29.8 Å². The summed E-state index contributed by atoms with van der Waals surface area (Å²) in [6.45, 7) is 2.01. The van der Waals surface area contributed by atoms with E-state index >= 15 is 0 Å². The van der Waals surface area contributed by atoms with E-state index in [1.54, 1.807) is 13.2 Å². The Bertz CT molecular complexity index is 816. The predicted octanol–water partition coefficient (Wildman–Crippen LogP) is 4.58. The molecule has 4 heteroatoms. The van der Waals surface area contributed by atoms with E-state index in [-0.39, 0.29) is 5.56 Å². The SMILES string of the molecule is COc1cc(C(=O)O)c(-c2ccc(C)cc2)c2sccc12. The molecule has 3 nitrogen and oxygen atoms in total. The summed E-state index contributed by atoms with van der Waals surface area (Å²) in [5, 5.41) is 12.4. The van der Waals surface area contributed by atoms with E-state index in [1.165, 1.54) is 11.3 Å². The minimum atomic E-state index is -0.945. The van der Waals surface area contributed by atoms with Crippen molar-refractivity contribution < 1.29 is 14.6 Å². The van der Waals surface area contributed by atoms with Crippen LogP contribution in [0.4, 0.5) is 0 Å². The number of benzene rings is 2. The number of aromatic carboxylic acids is 1. The average molecular weight is 298 g/mol. The van der Waals surface area contributed by atoms with Gasteiger partial charge in [0.2, 0.25) is 0 Å². The molecule has 0 spiro atoms. The van der Waals surface area contributed by atoms with Crippen LogP contribution >= 0.6 is 11.3 Å². The molecule has 0 aliphatic rings. The molecule has 0 aliphatic carbocycles. The van der Waals surface area contributed by atoms with Crippen LogP contribution in [0.25, 0.3) is 21.2 Å². The van der Waals surface area contributed by atoms with Gasteiger partial charge in [-0.15, -0.1) is 11.3 Å². The van der Waals surface area contributed by atoms with Gasteiger partial charge in [-0.2, -0.15) is 0 Å². The Balaban J connectivity index is 2.39. The zero-order valence-electron chi connectivity index (χ0n) is 11.7. The highest BCUT2D eigenvalue weighted by atomic mass is 32.1. The molecule has 0 bridgehead atoms. The van der Waals surface area contributed by atoms with E-state index in [4.69, 9.17) is 4.74 Å². The number of hydrogen-bond donors (Lipinski definition) is 1. The number of carbonyl (C=O) groups is 1. The van der Waals surface area contributed by atoms with E-state index in [1.807, 2.05) is 42.6 Å². The number of hydrogen-bond acceptors (Lipinski definition) is 3. The van der Waals surface area contributed by atoms with Gasteiger partial charge in [0, 0.05) is 15.6 Å². The number of carboxylic acid groups (broad SMARTS) is 1. The Morgan fingerprint density at radius 2 is 1.90 bits per heavy atom. The Kier molecular flexibility index (Phi) is 3.39. The highest BCUT2D eigenvalue weighted by Gasteiger charge is 2.19. The van der Waals surface area contributed by atoms with Gasteiger partial charge in [0.05, 0.1) is 12.7 Å². The lowest BCUT2D eigenvalue weighted by atomic mass is 9.97. The van der Waals surface area contributed by atoms with E-state index in [0.717, 1.165) is 26.8 Å². The number of thiophene rings is 1. The Morgan fingerprint density at radius 1 is 1.19 bits per heavy atom. The molecule has 106 valence electrons. The average Bonchev–Trinajstić information content (AvgIpc) is 2.95. The van der Waals surface area contributed by atoms with Crippen molar-refractivity contribution in [2.45, 2.75) is 6.92 Å². The van der Waals surface area contributed by atoms with Crippen molar-refractivity contribution in [3.8, 4) is 16.9 Å². The highest BCUT2D eigenvalue weighted by molar-refractivity contribution is 7.17. The van der Waals surface area contributed by atoms with Crippen LogP contribution in [0.3, 0.4) is 0 Å². The maximum absolute atomic E-state index is 11.6. The van der Waals surface area contributed by atoms with Gasteiger partial charge in [-0.25, -0.2) is 4.79 Å². The van der Waals surface area contributed by atoms with Crippen molar-refractivity contribution in [3.63, 3.8) is 0 Å². The van der Waals surface area contributed by atoms with Crippen molar-refractivity contribution in [2.75, 3.05) is 7.11 Å². The van der Waals surface area contributed by atoms with Crippen LogP contribution in [0.5, 0.6) is 5.75 Å². The standard InChI is InChI=1S/C17H14O3S/c1-10-3-5-11(6-4-10)15-13(17(18)19)9-14(20-2)12-7-8-21-16(12)15/h3-9H,1-2H3,(H,18,19). The van der Waals surface area contributed by atoms with Crippen LogP contribution in [0, 0.1) is 6.92 Å². The van der Waals surface area contributed by atoms with E-state index in [9.17, 15) is 9.90 Å². The molecule has 0 radical (unpaired) electrons. The Morgan fingerprint density at radius 3 is 2.52 bits per heavy atom. The summed E-state index contributed by atoms with van der Waals surface area (Å²) in [5.74, 6) is -0.348. The molecule has 3 rings (SSSR count). The van der Waals surface area contributed by atoms with Gasteiger partial charge >= 0.3 is 5.97 Å². The fourth-order valence-corrected chi connectivity index (χ4v) is 3.43. The number of carboxylic acids is 1. The highest BCUT2D eigenvalue weighted by Crippen LogP contribution is 2.40. The maximum Gasteiger partial charge on any atom is 0.336 e. The van der Waals surface area contributed by atoms with Gasteiger partial charge in [0.1, 0.15) is 5.75 Å². The van der Waals surface area contributed by atoms with Gasteiger partial charge in [0.25, 0.3) is 0 Å². The van der Waals surface area contributed by atoms with Crippen molar-refractivity contribution in [1.82, 2.24) is 0 Å². The lowest BCUT2D eigenvalue weighted by Gasteiger charge is -2.12. The molecule has 0 atom stereocenters. The predicted molar refractivity (Wildman–Crippen MR) is 85.5 cm³/mol. The molecule has 3 aromatic rings. The molecular formula is C17H14O3S. The monoisotopic (exact) mass is 298 g/mol. The molecule has 0 saturated heterocycles. The normalized spacial score (nSPS) is 10.8. The topological polar surface area (TPSA) is 46.5 Å². The van der Waals surface area contributed by atoms with Crippen LogP contribution in [0.15, 0.2) is 41.8 Å². The molecule has 1 heterocycles. The van der Waals surface area contributed by atoms with Gasteiger partial charge in [-0.05, 0) is 30.0 Å². The molecule has 2 aromatic carbocycles. The molecule has 1 aromatic heterocycles. The minimum absolute atomic E-state index is 0.269. The van der Waals surface area contributed by atoms with Crippen LogP contribution in [-0.4, -0.2) is 18.2 Å². The molecule has 0 amide bonds. The first kappa shape index (κ1) is 13.6. The molecule has 0 saturated carbocycles. The fourth-order valence-electron chi connectivity index (χ4n) is 2.44. The summed E-state index contributed by atoms with van der Waals surface area (Å²) in [6, 6.07) is 11.5. The molecule has 1 N–H and O–H groups in total. The van der Waals surface area contributed by atoms with Crippen molar-refractivity contribution in [2.24, 2.45) is 0 Å². The molecule has 0 unspecified atom stereocenters. The number of fused-ring (bicyclic) bond motifs is 1. The smallest absolute Gasteiger partial charge is 0.336 e. The third-order valence-electron chi connectivity index (χ3n) is 3.49. The lowest BCUT2D eigenvalue weighted by molar-refractivity contribution is 0.0697. The van der Waals surface area contributed by atoms with Gasteiger partial charge in [-0.3, -0.25) is 0 Å². The van der Waals surface area contributed by atoms with Gasteiger partial charge < -0.3 is 9.84 Å². The summed E-state index contributed by atoms with van der Waals surface area (Å²) in [7, 11) is 1.56. The van der Waals surface area contributed by atoms with Crippen LogP contribution in [0.1, 0.15) is 15.9 Å². The van der Waals surface area contributed by atoms with E-state index in [0.29, 0.717) is 5.75 Å². The van der Waals surface area contributed by atoms with E-state index in [2.05, 4.69) is 0 Å². The van der Waals surface area contributed by atoms with Crippen molar-refractivity contribution >= 4 is 27.4 Å². The van der Waals surface area contributed by atoms with Crippen molar-refractivity contribution in [1.29, 1.82) is 0 Å². The first-order valence-corrected chi connectivity index (χ1v) is 7.38. The summed E-state index contributed by atoms with van der Waals surface area (Å²) in [6.07, 6.45) is 0. The molecular weight excluding hydrogens is 284 g/mol. The Hall–Kier alpha value is -2.33. The third-order valence-corrected chi connectivity index (χ3v) is 4.42. The second-order valence-electron chi connectivity index (χ2n) is 4.84. The number of ether oxygens (including phenoxy) is 1. The number of rotatable bonds is 3. The minimum Gasteiger partial charge on any atom is -0.496 e. The Labute approximate surface area is 126 Å². The second-order valence-corrected chi connectivity index (χ2v) is 5.75. The molecule has 0 aliphatic heterocycles. The second kappa shape index (κ2) is 5.22. The maximum atomic E-state index is 11.6. The fraction of sp³-hybridized carbons (Fsp3) is 0.118. The summed E-state index contributed by atoms with van der Waals surface area (Å²) < 4.78 is 6.27. The first-order chi connectivity index (χ1) is 10.1. The molecule has 21 heavy (non-hydrogen) atoms. The quantitative estimate of drug-likeness (QED) is 0.769. The number of aryl methyl sites for hydroxylation is 1. The lowest BCUT2D eigenvalue weighted by Crippen LogP contribution is -2.01. The largest absolute Gasteiger partial charge is 0.496 e. The van der Waals surface area contributed by atoms with Crippen LogP contribution in [-0.2, 0) is 0 Å². The third kappa shape index (κ3) is 2.28. The van der Waals surface area contributed by atoms with E-state index < -0.39 is 5.97 Å². The zero-order valence-corrected chi connectivity index (χ0v) is 12.5. The van der Waals surface area contributed by atoms with Gasteiger partial charge in [0.15, 0.2) is 0 Å². The van der Waals surface area contributed by atoms with Crippen LogP contribution in [0.2, 0.25) is 0 Å². The van der Waals surface area contributed by atoms with Crippen molar-refractivity contribution in [3.05, 3.63) is 52.9 Å².